The summed E-state index contributed by atoms with van der Waals surface area (Å²) in [7, 11) is 1.98. The summed E-state index contributed by atoms with van der Waals surface area (Å²) >= 11 is 3.28. The third-order valence-electron chi connectivity index (χ3n) is 2.60. The van der Waals surface area contributed by atoms with Gasteiger partial charge in [0, 0.05) is 0 Å². The van der Waals surface area contributed by atoms with Crippen LogP contribution in [0.5, 0.6) is 5.75 Å². The smallest absolute Gasteiger partial charge is 0.137 e. The summed E-state index contributed by atoms with van der Waals surface area (Å²) in [5.41, 5.74) is 0.229. The highest BCUT2D eigenvalue weighted by atomic mass is 79.9. The van der Waals surface area contributed by atoms with E-state index in [4.69, 9.17) is 4.74 Å². The number of hydrogen-bond donors (Lipinski definition) is 1. The lowest BCUT2D eigenvalue weighted by atomic mass is 10.3. The van der Waals surface area contributed by atoms with E-state index in [0.29, 0.717) is 0 Å². The van der Waals surface area contributed by atoms with E-state index in [0.717, 1.165) is 17.0 Å². The molecule has 2 rings (SSSR count). The lowest BCUT2D eigenvalue weighted by Gasteiger charge is -2.14. The van der Waals surface area contributed by atoms with Crippen LogP contribution in [0.15, 0.2) is 22.9 Å². The van der Waals surface area contributed by atoms with E-state index in [1.807, 2.05) is 19.2 Å². The van der Waals surface area contributed by atoms with Crippen LogP contribution >= 0.6 is 28.3 Å². The first-order valence-corrected chi connectivity index (χ1v) is 5.47. The summed E-state index contributed by atoms with van der Waals surface area (Å²) < 4.78 is 6.47. The Balaban J connectivity index is 0.00000112. The van der Waals surface area contributed by atoms with Crippen LogP contribution in [-0.2, 0) is 0 Å². The van der Waals surface area contributed by atoms with Crippen molar-refractivity contribution in [3.8, 4) is 5.75 Å². The Morgan fingerprint density at radius 2 is 2.27 bits per heavy atom. The molecule has 1 aliphatic carbocycles. The number of nitrogens with zero attached hydrogens (tertiary/aromatic N) is 1. The summed E-state index contributed by atoms with van der Waals surface area (Å²) in [5.74, 6) is 0.828. The fourth-order valence-electron chi connectivity index (χ4n) is 1.29. The highest BCUT2D eigenvalue weighted by Gasteiger charge is 2.41. The number of hydrogen-bond acceptors (Lipinski definition) is 3. The van der Waals surface area contributed by atoms with Gasteiger partial charge < -0.3 is 10.1 Å². The molecule has 84 valence electrons. The number of ether oxygens (including phenoxy) is 1. The standard InChI is InChI=1S/C10H13BrN2O.ClH/c1-12-10(4-5-10)7-14-8-2-3-9(11)13-6-8;/h2-3,6,12H,4-5,7H2,1H3;1H. The molecule has 1 heterocycles. The Hall–Kier alpha value is -0.320. The second-order valence-electron chi connectivity index (χ2n) is 3.64. The summed E-state index contributed by atoms with van der Waals surface area (Å²) in [6, 6.07) is 3.80. The summed E-state index contributed by atoms with van der Waals surface area (Å²) in [5, 5.41) is 3.28. The van der Waals surface area contributed by atoms with Crippen LogP contribution in [0.4, 0.5) is 0 Å². The maximum atomic E-state index is 5.63. The molecule has 1 N–H and O–H groups in total. The SMILES string of the molecule is CNC1(COc2ccc(Br)nc2)CC1.Cl. The van der Waals surface area contributed by atoms with Crippen molar-refractivity contribution in [1.29, 1.82) is 0 Å². The zero-order valence-electron chi connectivity index (χ0n) is 8.50. The molecule has 3 nitrogen and oxygen atoms in total. The Kier molecular flexibility index (Phi) is 4.37. The Labute approximate surface area is 104 Å². The topological polar surface area (TPSA) is 34.1 Å². The zero-order valence-corrected chi connectivity index (χ0v) is 10.9. The molecule has 0 saturated heterocycles. The van der Waals surface area contributed by atoms with Crippen LogP contribution in [0.2, 0.25) is 0 Å². The maximum absolute atomic E-state index is 5.63. The normalized spacial score (nSPS) is 16.7. The minimum Gasteiger partial charge on any atom is -0.490 e. The van der Waals surface area contributed by atoms with Gasteiger partial charge >= 0.3 is 0 Å². The van der Waals surface area contributed by atoms with E-state index in [1.165, 1.54) is 12.8 Å². The Morgan fingerprint density at radius 3 is 2.73 bits per heavy atom. The predicted molar refractivity (Wildman–Crippen MR) is 65.7 cm³/mol. The van der Waals surface area contributed by atoms with Crippen molar-refractivity contribution >= 4 is 28.3 Å². The van der Waals surface area contributed by atoms with E-state index in [-0.39, 0.29) is 17.9 Å². The minimum absolute atomic E-state index is 0. The van der Waals surface area contributed by atoms with Gasteiger partial charge in [0.15, 0.2) is 0 Å². The van der Waals surface area contributed by atoms with Gasteiger partial charge in [0.25, 0.3) is 0 Å². The fourth-order valence-corrected chi connectivity index (χ4v) is 1.52. The highest BCUT2D eigenvalue weighted by molar-refractivity contribution is 9.10. The molecule has 0 spiro atoms. The average Bonchev–Trinajstić information content (AvgIpc) is 2.98. The number of aromatic nitrogens is 1. The number of pyridine rings is 1. The van der Waals surface area contributed by atoms with Crippen LogP contribution in [-0.4, -0.2) is 24.2 Å². The van der Waals surface area contributed by atoms with E-state index >= 15 is 0 Å². The van der Waals surface area contributed by atoms with Crippen LogP contribution in [0, 0.1) is 0 Å². The first kappa shape index (κ1) is 12.7. The summed E-state index contributed by atoms with van der Waals surface area (Å²) in [4.78, 5) is 4.10. The summed E-state index contributed by atoms with van der Waals surface area (Å²) in [6.45, 7) is 0.729. The number of nitrogens with one attached hydrogen (secondary N) is 1. The third-order valence-corrected chi connectivity index (χ3v) is 3.07. The van der Waals surface area contributed by atoms with Gasteiger partial charge in [-0.05, 0) is 48.0 Å². The maximum Gasteiger partial charge on any atom is 0.137 e. The predicted octanol–water partition coefficient (Wildman–Crippen LogP) is 2.40. The molecular formula is C10H14BrClN2O. The van der Waals surface area contributed by atoms with Gasteiger partial charge in [-0.15, -0.1) is 12.4 Å². The number of rotatable bonds is 4. The van der Waals surface area contributed by atoms with Gasteiger partial charge in [0.1, 0.15) is 17.0 Å². The highest BCUT2D eigenvalue weighted by Crippen LogP contribution is 2.35. The van der Waals surface area contributed by atoms with Gasteiger partial charge in [0.2, 0.25) is 0 Å². The molecule has 1 aliphatic rings. The minimum atomic E-state index is 0. The van der Waals surface area contributed by atoms with Gasteiger partial charge in [-0.25, -0.2) is 4.98 Å². The molecular weight excluding hydrogens is 279 g/mol. The molecule has 5 heteroatoms. The van der Waals surface area contributed by atoms with Crippen LogP contribution in [0.3, 0.4) is 0 Å². The number of halogens is 2. The zero-order chi connectivity index (χ0) is 10.0. The molecule has 0 bridgehead atoms. The average molecular weight is 294 g/mol. The van der Waals surface area contributed by atoms with E-state index in [1.54, 1.807) is 6.20 Å². The van der Waals surface area contributed by atoms with Gasteiger partial charge in [-0.1, -0.05) is 0 Å². The van der Waals surface area contributed by atoms with Crippen molar-refractivity contribution in [2.24, 2.45) is 0 Å². The molecule has 0 aromatic carbocycles. The third kappa shape index (κ3) is 3.33. The largest absolute Gasteiger partial charge is 0.490 e. The lowest BCUT2D eigenvalue weighted by molar-refractivity contribution is 0.259. The monoisotopic (exact) mass is 292 g/mol. The fraction of sp³-hybridized carbons (Fsp3) is 0.500. The van der Waals surface area contributed by atoms with Crippen molar-refractivity contribution in [1.82, 2.24) is 10.3 Å². The second kappa shape index (κ2) is 5.14. The summed E-state index contributed by atoms with van der Waals surface area (Å²) in [6.07, 6.45) is 4.14. The van der Waals surface area contributed by atoms with Crippen molar-refractivity contribution in [3.63, 3.8) is 0 Å². The van der Waals surface area contributed by atoms with Crippen LogP contribution in [0.25, 0.3) is 0 Å². The van der Waals surface area contributed by atoms with Crippen molar-refractivity contribution in [3.05, 3.63) is 22.9 Å². The first-order chi connectivity index (χ1) is 6.74. The van der Waals surface area contributed by atoms with E-state index in [2.05, 4.69) is 26.2 Å². The lowest BCUT2D eigenvalue weighted by Crippen LogP contribution is -2.33. The van der Waals surface area contributed by atoms with E-state index < -0.39 is 0 Å². The molecule has 1 saturated carbocycles. The quantitative estimate of drug-likeness (QED) is 0.866. The first-order valence-electron chi connectivity index (χ1n) is 4.67. The van der Waals surface area contributed by atoms with Gasteiger partial charge in [-0.3, -0.25) is 0 Å². The molecule has 15 heavy (non-hydrogen) atoms. The van der Waals surface area contributed by atoms with E-state index in [9.17, 15) is 0 Å². The molecule has 1 fully saturated rings. The molecule has 0 aliphatic heterocycles. The molecule has 0 unspecified atom stereocenters. The van der Waals surface area contributed by atoms with Gasteiger partial charge in [0.05, 0.1) is 11.7 Å². The molecule has 0 amide bonds. The molecule has 1 aromatic heterocycles. The molecule has 0 radical (unpaired) electrons. The van der Waals surface area contributed by atoms with Crippen molar-refractivity contribution < 1.29 is 4.74 Å². The Morgan fingerprint density at radius 1 is 1.53 bits per heavy atom. The molecule has 0 atom stereocenters. The van der Waals surface area contributed by atoms with Crippen LogP contribution in [0.1, 0.15) is 12.8 Å². The van der Waals surface area contributed by atoms with Gasteiger partial charge in [-0.2, -0.15) is 0 Å². The molecule has 1 aromatic rings. The Bertz CT molecular complexity index is 314. The van der Waals surface area contributed by atoms with Crippen LogP contribution < -0.4 is 10.1 Å². The van der Waals surface area contributed by atoms with Crippen molar-refractivity contribution in [2.75, 3.05) is 13.7 Å². The van der Waals surface area contributed by atoms with Crippen molar-refractivity contribution in [2.45, 2.75) is 18.4 Å². The number of likely N-dealkylation sites (N-methyl/N-ethyl adjacent to an activating group) is 1. The second-order valence-corrected chi connectivity index (χ2v) is 4.45.